The summed E-state index contributed by atoms with van der Waals surface area (Å²) < 4.78 is 33.8. The van der Waals surface area contributed by atoms with Gasteiger partial charge < -0.3 is 10.1 Å². The fourth-order valence-corrected chi connectivity index (χ4v) is 5.69. The lowest BCUT2D eigenvalue weighted by atomic mass is 10.0. The van der Waals surface area contributed by atoms with Gasteiger partial charge in [-0.15, -0.1) is 0 Å². The monoisotopic (exact) mass is 484 g/mol. The Morgan fingerprint density at radius 2 is 1.88 bits per heavy atom. The standard InChI is InChI=1S/C25H25ClN2O4S/c1-17-15-20(33(30,31)28-14-6-8-19-7-3-4-11-23(19)28)12-13-24(17)32-16-25(29)27-22-10-5-9-21(26)18(22)2/h3-5,7,9-13,15H,6,8,14,16H2,1-2H3,(H,27,29). The summed E-state index contributed by atoms with van der Waals surface area (Å²) in [4.78, 5) is 12.5. The first-order chi connectivity index (χ1) is 15.8. The third-order valence-electron chi connectivity index (χ3n) is 5.70. The molecule has 0 unspecified atom stereocenters. The number of carbonyl (C=O) groups excluding carboxylic acids is 1. The van der Waals surface area contributed by atoms with E-state index in [9.17, 15) is 13.2 Å². The van der Waals surface area contributed by atoms with Crippen molar-refractivity contribution >= 4 is 38.9 Å². The normalized spacial score (nSPS) is 13.4. The van der Waals surface area contributed by atoms with Gasteiger partial charge in [-0.25, -0.2) is 8.42 Å². The lowest BCUT2D eigenvalue weighted by molar-refractivity contribution is -0.118. The average molecular weight is 485 g/mol. The number of nitrogens with zero attached hydrogens (tertiary/aromatic N) is 1. The molecular formula is C25H25ClN2O4S. The molecule has 3 aromatic carbocycles. The number of para-hydroxylation sites is 1. The van der Waals surface area contributed by atoms with Crippen LogP contribution in [0, 0.1) is 13.8 Å². The van der Waals surface area contributed by atoms with E-state index in [1.807, 2.05) is 31.2 Å². The summed E-state index contributed by atoms with van der Waals surface area (Å²) in [5.41, 5.74) is 3.79. The van der Waals surface area contributed by atoms with E-state index >= 15 is 0 Å². The van der Waals surface area contributed by atoms with Crippen LogP contribution in [0.15, 0.2) is 65.6 Å². The second-order valence-electron chi connectivity index (χ2n) is 7.99. The second kappa shape index (κ2) is 9.45. The summed E-state index contributed by atoms with van der Waals surface area (Å²) in [7, 11) is -3.71. The lowest BCUT2D eigenvalue weighted by Crippen LogP contribution is -2.35. The van der Waals surface area contributed by atoms with Gasteiger partial charge in [-0.2, -0.15) is 0 Å². The van der Waals surface area contributed by atoms with Gasteiger partial charge in [-0.05, 0) is 79.8 Å². The molecule has 0 radical (unpaired) electrons. The SMILES string of the molecule is Cc1cc(S(=O)(=O)N2CCCc3ccccc32)ccc1OCC(=O)Nc1cccc(Cl)c1C. The number of hydrogen-bond donors (Lipinski definition) is 1. The maximum atomic E-state index is 13.4. The van der Waals surface area contributed by atoms with Gasteiger partial charge in [0.15, 0.2) is 6.61 Å². The minimum absolute atomic E-state index is 0.197. The van der Waals surface area contributed by atoms with E-state index in [2.05, 4.69) is 5.32 Å². The fraction of sp³-hybridized carbons (Fsp3) is 0.240. The van der Waals surface area contributed by atoms with Crippen LogP contribution in [-0.4, -0.2) is 27.5 Å². The lowest BCUT2D eigenvalue weighted by Gasteiger charge is -2.30. The molecule has 0 fully saturated rings. The summed E-state index contributed by atoms with van der Waals surface area (Å²) >= 11 is 6.09. The molecule has 172 valence electrons. The van der Waals surface area contributed by atoms with Crippen LogP contribution in [0.25, 0.3) is 0 Å². The van der Waals surface area contributed by atoms with Crippen LogP contribution in [0.1, 0.15) is 23.1 Å². The third-order valence-corrected chi connectivity index (χ3v) is 7.92. The highest BCUT2D eigenvalue weighted by atomic mass is 35.5. The largest absolute Gasteiger partial charge is 0.483 e. The van der Waals surface area contributed by atoms with Crippen molar-refractivity contribution in [3.63, 3.8) is 0 Å². The summed E-state index contributed by atoms with van der Waals surface area (Å²) in [6, 6.07) is 17.6. The molecule has 0 spiro atoms. The van der Waals surface area contributed by atoms with Crippen LogP contribution in [-0.2, 0) is 21.2 Å². The number of benzene rings is 3. The molecule has 0 saturated heterocycles. The topological polar surface area (TPSA) is 75.7 Å². The molecule has 0 aromatic heterocycles. The van der Waals surface area contributed by atoms with E-state index in [1.165, 1.54) is 10.4 Å². The summed E-state index contributed by atoms with van der Waals surface area (Å²) in [6.07, 6.45) is 1.64. The number of anilines is 2. The van der Waals surface area contributed by atoms with Gasteiger partial charge in [0, 0.05) is 17.3 Å². The third kappa shape index (κ3) is 4.84. The first kappa shape index (κ1) is 23.1. The van der Waals surface area contributed by atoms with Crippen molar-refractivity contribution in [2.45, 2.75) is 31.6 Å². The van der Waals surface area contributed by atoms with Gasteiger partial charge in [0.25, 0.3) is 15.9 Å². The first-order valence-corrected chi connectivity index (χ1v) is 12.5. The van der Waals surface area contributed by atoms with Crippen molar-refractivity contribution in [1.29, 1.82) is 0 Å². The molecule has 4 rings (SSSR count). The zero-order valence-electron chi connectivity index (χ0n) is 18.5. The molecule has 1 N–H and O–H groups in total. The van der Waals surface area contributed by atoms with Gasteiger partial charge in [-0.3, -0.25) is 9.10 Å². The van der Waals surface area contributed by atoms with Gasteiger partial charge >= 0.3 is 0 Å². The van der Waals surface area contributed by atoms with Gasteiger partial charge in [0.1, 0.15) is 5.75 Å². The molecule has 0 saturated carbocycles. The Bertz CT molecular complexity index is 1310. The van der Waals surface area contributed by atoms with E-state index in [4.69, 9.17) is 16.3 Å². The van der Waals surface area contributed by atoms with E-state index in [0.717, 1.165) is 29.7 Å². The second-order valence-corrected chi connectivity index (χ2v) is 10.3. The smallest absolute Gasteiger partial charge is 0.264 e. The minimum Gasteiger partial charge on any atom is -0.483 e. The van der Waals surface area contributed by atoms with Crippen LogP contribution in [0.2, 0.25) is 5.02 Å². The molecule has 8 heteroatoms. The van der Waals surface area contributed by atoms with Crippen molar-refractivity contribution in [1.82, 2.24) is 0 Å². The van der Waals surface area contributed by atoms with E-state index in [0.29, 0.717) is 28.6 Å². The number of carbonyl (C=O) groups is 1. The molecule has 33 heavy (non-hydrogen) atoms. The summed E-state index contributed by atoms with van der Waals surface area (Å²) in [6.45, 7) is 3.82. The van der Waals surface area contributed by atoms with Crippen molar-refractivity contribution in [3.8, 4) is 5.75 Å². The number of amides is 1. The van der Waals surface area contributed by atoms with Crippen LogP contribution in [0.3, 0.4) is 0 Å². The Kier molecular flexibility index (Phi) is 6.63. The van der Waals surface area contributed by atoms with E-state index in [-0.39, 0.29) is 17.4 Å². The van der Waals surface area contributed by atoms with Crippen LogP contribution in [0.4, 0.5) is 11.4 Å². The molecule has 0 bridgehead atoms. The van der Waals surface area contributed by atoms with Gasteiger partial charge in [0.05, 0.1) is 10.6 Å². The summed E-state index contributed by atoms with van der Waals surface area (Å²) in [5.74, 6) is 0.118. The number of sulfonamides is 1. The number of halogens is 1. The number of fused-ring (bicyclic) bond motifs is 1. The molecule has 0 atom stereocenters. The number of ether oxygens (including phenoxy) is 1. The van der Waals surface area contributed by atoms with Gasteiger partial charge in [-0.1, -0.05) is 35.9 Å². The Labute approximate surface area is 199 Å². The van der Waals surface area contributed by atoms with Gasteiger partial charge in [0.2, 0.25) is 0 Å². The Morgan fingerprint density at radius 1 is 1.09 bits per heavy atom. The fourth-order valence-electron chi connectivity index (χ4n) is 3.89. The molecule has 1 aliphatic heterocycles. The highest BCUT2D eigenvalue weighted by Gasteiger charge is 2.29. The molecule has 0 aliphatic carbocycles. The molecule has 1 aliphatic rings. The Balaban J connectivity index is 1.47. The van der Waals surface area contributed by atoms with E-state index < -0.39 is 10.0 Å². The molecule has 6 nitrogen and oxygen atoms in total. The Morgan fingerprint density at radius 3 is 2.67 bits per heavy atom. The Hall–Kier alpha value is -3.03. The number of nitrogens with one attached hydrogen (secondary N) is 1. The van der Waals surface area contributed by atoms with Crippen molar-refractivity contribution < 1.29 is 17.9 Å². The van der Waals surface area contributed by atoms with Crippen molar-refractivity contribution in [3.05, 3.63) is 82.4 Å². The summed E-state index contributed by atoms with van der Waals surface area (Å²) in [5, 5.41) is 3.35. The number of aryl methyl sites for hydroxylation is 2. The maximum Gasteiger partial charge on any atom is 0.264 e. The van der Waals surface area contributed by atoms with Crippen molar-refractivity contribution in [2.75, 3.05) is 22.8 Å². The van der Waals surface area contributed by atoms with Crippen LogP contribution >= 0.6 is 11.6 Å². The average Bonchev–Trinajstić information content (AvgIpc) is 2.80. The minimum atomic E-state index is -3.71. The predicted molar refractivity (Wildman–Crippen MR) is 131 cm³/mol. The highest BCUT2D eigenvalue weighted by Crippen LogP contribution is 2.33. The zero-order valence-corrected chi connectivity index (χ0v) is 20.0. The van der Waals surface area contributed by atoms with Crippen LogP contribution < -0.4 is 14.4 Å². The van der Waals surface area contributed by atoms with Crippen molar-refractivity contribution in [2.24, 2.45) is 0 Å². The molecular weight excluding hydrogens is 460 g/mol. The first-order valence-electron chi connectivity index (χ1n) is 10.7. The molecule has 1 amide bonds. The quantitative estimate of drug-likeness (QED) is 0.527. The zero-order chi connectivity index (χ0) is 23.6. The number of hydrogen-bond acceptors (Lipinski definition) is 4. The van der Waals surface area contributed by atoms with Crippen LogP contribution in [0.5, 0.6) is 5.75 Å². The highest BCUT2D eigenvalue weighted by molar-refractivity contribution is 7.92. The van der Waals surface area contributed by atoms with E-state index in [1.54, 1.807) is 37.3 Å². The number of rotatable bonds is 6. The predicted octanol–water partition coefficient (Wildman–Crippen LogP) is 5.12. The maximum absolute atomic E-state index is 13.4. The molecule has 1 heterocycles. The molecule has 3 aromatic rings.